The minimum Gasteiger partial charge on any atom is -0.378 e. The molecule has 1 aromatic rings. The Balaban J connectivity index is 1.89. The SMILES string of the molecule is CN(C)/C(=N\c1ccccc1N1CCOCC1)N1CCCCC1. The molecule has 1 aromatic carbocycles. The molecular weight excluding hydrogens is 288 g/mol. The Bertz CT molecular complexity index is 532. The van der Waals surface area contributed by atoms with Gasteiger partial charge >= 0.3 is 0 Å². The molecule has 0 aliphatic carbocycles. The molecule has 0 N–H and O–H groups in total. The molecule has 2 aliphatic heterocycles. The highest BCUT2D eigenvalue weighted by Crippen LogP contribution is 2.29. The second-order valence-corrected chi connectivity index (χ2v) is 6.44. The van der Waals surface area contributed by atoms with Crippen molar-refractivity contribution < 1.29 is 4.74 Å². The van der Waals surface area contributed by atoms with Crippen LogP contribution in [-0.4, -0.2) is 69.2 Å². The third kappa shape index (κ3) is 3.96. The molecule has 0 aromatic heterocycles. The third-order valence-corrected chi connectivity index (χ3v) is 4.49. The molecule has 23 heavy (non-hydrogen) atoms. The number of morpholine rings is 1. The van der Waals surface area contributed by atoms with Crippen molar-refractivity contribution in [1.29, 1.82) is 0 Å². The second-order valence-electron chi connectivity index (χ2n) is 6.44. The zero-order valence-corrected chi connectivity index (χ0v) is 14.4. The first-order valence-corrected chi connectivity index (χ1v) is 8.68. The summed E-state index contributed by atoms with van der Waals surface area (Å²) < 4.78 is 5.48. The molecule has 0 unspecified atom stereocenters. The van der Waals surface area contributed by atoms with Crippen LogP contribution in [0, 0.1) is 0 Å². The van der Waals surface area contributed by atoms with Crippen LogP contribution < -0.4 is 4.90 Å². The predicted molar refractivity (Wildman–Crippen MR) is 95.7 cm³/mol. The van der Waals surface area contributed by atoms with E-state index in [1.807, 2.05) is 0 Å². The minimum atomic E-state index is 0.796. The van der Waals surface area contributed by atoms with Gasteiger partial charge in [-0.25, -0.2) is 4.99 Å². The van der Waals surface area contributed by atoms with Gasteiger partial charge in [-0.15, -0.1) is 0 Å². The van der Waals surface area contributed by atoms with E-state index in [0.717, 1.165) is 51.0 Å². The van der Waals surface area contributed by atoms with Crippen LogP contribution in [-0.2, 0) is 4.74 Å². The van der Waals surface area contributed by atoms with Crippen LogP contribution in [0.25, 0.3) is 0 Å². The van der Waals surface area contributed by atoms with E-state index in [9.17, 15) is 0 Å². The Morgan fingerprint density at radius 1 is 1.00 bits per heavy atom. The normalized spacial score (nSPS) is 19.8. The van der Waals surface area contributed by atoms with Crippen molar-refractivity contribution in [3.63, 3.8) is 0 Å². The maximum Gasteiger partial charge on any atom is 0.201 e. The molecule has 0 saturated carbocycles. The number of piperidine rings is 1. The number of likely N-dealkylation sites (tertiary alicyclic amines) is 1. The van der Waals surface area contributed by atoms with Gasteiger partial charge in [0.1, 0.15) is 0 Å². The minimum absolute atomic E-state index is 0.796. The number of rotatable bonds is 2. The van der Waals surface area contributed by atoms with Crippen LogP contribution in [0.15, 0.2) is 29.3 Å². The largest absolute Gasteiger partial charge is 0.378 e. The topological polar surface area (TPSA) is 31.3 Å². The third-order valence-electron chi connectivity index (χ3n) is 4.49. The van der Waals surface area contributed by atoms with Crippen LogP contribution in [0.3, 0.4) is 0 Å². The molecular formula is C18H28N4O. The number of hydrogen-bond donors (Lipinski definition) is 0. The van der Waals surface area contributed by atoms with Crippen molar-refractivity contribution in [2.75, 3.05) is 58.4 Å². The van der Waals surface area contributed by atoms with Crippen molar-refractivity contribution in [3.8, 4) is 0 Å². The Morgan fingerprint density at radius 3 is 2.39 bits per heavy atom. The average Bonchev–Trinajstić information content (AvgIpc) is 2.61. The monoisotopic (exact) mass is 316 g/mol. The summed E-state index contributed by atoms with van der Waals surface area (Å²) in [6.45, 7) is 5.68. The van der Waals surface area contributed by atoms with Crippen LogP contribution in [0.1, 0.15) is 19.3 Å². The highest BCUT2D eigenvalue weighted by Gasteiger charge is 2.19. The number of guanidine groups is 1. The van der Waals surface area contributed by atoms with Crippen LogP contribution in [0.2, 0.25) is 0 Å². The van der Waals surface area contributed by atoms with Crippen molar-refractivity contribution >= 4 is 17.3 Å². The molecule has 0 radical (unpaired) electrons. The number of benzene rings is 1. The zero-order chi connectivity index (χ0) is 16.1. The Kier molecular flexibility index (Phi) is 5.39. The maximum atomic E-state index is 5.48. The Morgan fingerprint density at radius 2 is 1.70 bits per heavy atom. The second kappa shape index (κ2) is 7.68. The smallest absolute Gasteiger partial charge is 0.201 e. The van der Waals surface area contributed by atoms with Gasteiger partial charge in [0.25, 0.3) is 0 Å². The number of nitrogens with zero attached hydrogens (tertiary/aromatic N) is 4. The van der Waals surface area contributed by atoms with Crippen LogP contribution >= 0.6 is 0 Å². The van der Waals surface area contributed by atoms with Crippen molar-refractivity contribution in [1.82, 2.24) is 9.80 Å². The van der Waals surface area contributed by atoms with E-state index in [1.54, 1.807) is 0 Å². The predicted octanol–water partition coefficient (Wildman–Crippen LogP) is 2.56. The van der Waals surface area contributed by atoms with E-state index >= 15 is 0 Å². The van der Waals surface area contributed by atoms with Gasteiger partial charge in [-0.1, -0.05) is 12.1 Å². The van der Waals surface area contributed by atoms with Crippen LogP contribution in [0.5, 0.6) is 0 Å². The van der Waals surface area contributed by atoms with E-state index in [-0.39, 0.29) is 0 Å². The lowest BCUT2D eigenvalue weighted by molar-refractivity contribution is 0.123. The maximum absolute atomic E-state index is 5.48. The van der Waals surface area contributed by atoms with Crippen molar-refractivity contribution in [3.05, 3.63) is 24.3 Å². The Hall–Kier alpha value is -1.75. The first-order valence-electron chi connectivity index (χ1n) is 8.68. The van der Waals surface area contributed by atoms with Gasteiger partial charge in [0, 0.05) is 40.3 Å². The van der Waals surface area contributed by atoms with E-state index in [2.05, 4.69) is 53.1 Å². The molecule has 5 heteroatoms. The van der Waals surface area contributed by atoms with Crippen molar-refractivity contribution in [2.24, 2.45) is 4.99 Å². The van der Waals surface area contributed by atoms with E-state index in [4.69, 9.17) is 9.73 Å². The molecule has 0 spiro atoms. The van der Waals surface area contributed by atoms with E-state index in [1.165, 1.54) is 24.9 Å². The van der Waals surface area contributed by atoms with E-state index in [0.29, 0.717) is 0 Å². The summed E-state index contributed by atoms with van der Waals surface area (Å²) in [5.41, 5.74) is 2.27. The molecule has 2 fully saturated rings. The summed E-state index contributed by atoms with van der Waals surface area (Å²) in [5, 5.41) is 0. The van der Waals surface area contributed by atoms with Gasteiger partial charge in [0.05, 0.1) is 24.6 Å². The number of aliphatic imine (C=N–C) groups is 1. The first kappa shape index (κ1) is 16.1. The first-order chi connectivity index (χ1) is 11.3. The summed E-state index contributed by atoms with van der Waals surface area (Å²) in [4.78, 5) is 12.0. The fraction of sp³-hybridized carbons (Fsp3) is 0.611. The molecule has 0 amide bonds. The van der Waals surface area contributed by atoms with Crippen LogP contribution in [0.4, 0.5) is 11.4 Å². The molecule has 0 bridgehead atoms. The lowest BCUT2D eigenvalue weighted by atomic mass is 10.1. The number of para-hydroxylation sites is 2. The molecule has 5 nitrogen and oxygen atoms in total. The quantitative estimate of drug-likeness (QED) is 0.620. The highest BCUT2D eigenvalue weighted by atomic mass is 16.5. The summed E-state index contributed by atoms with van der Waals surface area (Å²) in [5.74, 6) is 1.07. The van der Waals surface area contributed by atoms with E-state index < -0.39 is 0 Å². The Labute approximate surface area is 139 Å². The molecule has 2 aliphatic rings. The zero-order valence-electron chi connectivity index (χ0n) is 14.4. The van der Waals surface area contributed by atoms with Gasteiger partial charge in [-0.2, -0.15) is 0 Å². The van der Waals surface area contributed by atoms with Gasteiger partial charge in [-0.05, 0) is 31.4 Å². The summed E-state index contributed by atoms with van der Waals surface area (Å²) in [6.07, 6.45) is 3.86. The fourth-order valence-corrected chi connectivity index (χ4v) is 3.29. The fourth-order valence-electron chi connectivity index (χ4n) is 3.29. The molecule has 2 heterocycles. The number of ether oxygens (including phenoxy) is 1. The number of hydrogen-bond acceptors (Lipinski definition) is 3. The summed E-state index contributed by atoms with van der Waals surface area (Å²) in [6, 6.07) is 8.47. The summed E-state index contributed by atoms with van der Waals surface area (Å²) in [7, 11) is 4.18. The van der Waals surface area contributed by atoms with Gasteiger partial charge in [0.2, 0.25) is 5.96 Å². The van der Waals surface area contributed by atoms with Crippen molar-refractivity contribution in [2.45, 2.75) is 19.3 Å². The molecule has 126 valence electrons. The number of anilines is 1. The van der Waals surface area contributed by atoms with Gasteiger partial charge in [0.15, 0.2) is 0 Å². The highest BCUT2D eigenvalue weighted by molar-refractivity contribution is 5.85. The van der Waals surface area contributed by atoms with Gasteiger partial charge in [-0.3, -0.25) is 0 Å². The molecule has 0 atom stereocenters. The van der Waals surface area contributed by atoms with Gasteiger partial charge < -0.3 is 19.4 Å². The lowest BCUT2D eigenvalue weighted by Gasteiger charge is -2.34. The average molecular weight is 316 g/mol. The summed E-state index contributed by atoms with van der Waals surface area (Å²) >= 11 is 0. The molecule has 2 saturated heterocycles. The molecule has 3 rings (SSSR count). The standard InChI is InChI=1S/C18H28N4O/c1-20(2)18(22-10-6-3-7-11-22)19-16-8-4-5-9-17(16)21-12-14-23-15-13-21/h4-5,8-9H,3,6-7,10-15H2,1-2H3/b19-18+. The lowest BCUT2D eigenvalue weighted by Crippen LogP contribution is -2.43.